The Bertz CT molecular complexity index is 871. The fourth-order valence-electron chi connectivity index (χ4n) is 2.64. The first-order valence-electron chi connectivity index (χ1n) is 7.88. The molecule has 0 aliphatic rings. The molecule has 2 heterocycles. The minimum Gasteiger partial charge on any atom is -0.497 e. The van der Waals surface area contributed by atoms with Gasteiger partial charge in [-0.15, -0.1) is 11.3 Å². The SMILES string of the molecule is COc1cccc(C(NC(=O)Cc2csc(C)n2)c2nccn2C)c1. The zero-order chi connectivity index (χ0) is 17.8. The summed E-state index contributed by atoms with van der Waals surface area (Å²) in [5.74, 6) is 1.40. The molecular weight excluding hydrogens is 336 g/mol. The average molecular weight is 356 g/mol. The molecule has 1 aromatic carbocycles. The van der Waals surface area contributed by atoms with Crippen molar-refractivity contribution in [3.63, 3.8) is 0 Å². The molecule has 3 rings (SSSR count). The Hall–Kier alpha value is -2.67. The van der Waals surface area contributed by atoms with Gasteiger partial charge in [0.05, 0.1) is 24.2 Å². The van der Waals surface area contributed by atoms with E-state index in [2.05, 4.69) is 15.3 Å². The summed E-state index contributed by atoms with van der Waals surface area (Å²) in [4.78, 5) is 21.3. The zero-order valence-corrected chi connectivity index (χ0v) is 15.2. The smallest absolute Gasteiger partial charge is 0.226 e. The number of carbonyl (C=O) groups excluding carboxylic acids is 1. The molecule has 1 amide bonds. The van der Waals surface area contributed by atoms with E-state index in [1.54, 1.807) is 24.6 Å². The van der Waals surface area contributed by atoms with Crippen LogP contribution in [0.5, 0.6) is 5.75 Å². The van der Waals surface area contributed by atoms with Crippen LogP contribution in [0, 0.1) is 6.92 Å². The van der Waals surface area contributed by atoms with Gasteiger partial charge in [-0.3, -0.25) is 4.79 Å². The second-order valence-corrected chi connectivity index (χ2v) is 6.77. The molecule has 1 unspecified atom stereocenters. The number of carbonyl (C=O) groups is 1. The molecule has 2 aromatic heterocycles. The predicted molar refractivity (Wildman–Crippen MR) is 96.7 cm³/mol. The molecule has 130 valence electrons. The lowest BCUT2D eigenvalue weighted by Crippen LogP contribution is -2.32. The summed E-state index contributed by atoms with van der Waals surface area (Å²) in [5.41, 5.74) is 1.70. The lowest BCUT2D eigenvalue weighted by molar-refractivity contribution is -0.121. The fourth-order valence-corrected chi connectivity index (χ4v) is 3.25. The van der Waals surface area contributed by atoms with E-state index in [9.17, 15) is 4.79 Å². The van der Waals surface area contributed by atoms with Gasteiger partial charge in [-0.05, 0) is 24.6 Å². The number of aryl methyl sites for hydroxylation is 2. The van der Waals surface area contributed by atoms with Crippen molar-refractivity contribution in [2.75, 3.05) is 7.11 Å². The third-order valence-electron chi connectivity index (χ3n) is 3.86. The second kappa shape index (κ2) is 7.48. The van der Waals surface area contributed by atoms with Crippen LogP contribution >= 0.6 is 11.3 Å². The topological polar surface area (TPSA) is 69.0 Å². The Balaban J connectivity index is 1.86. The minimum atomic E-state index is -0.359. The summed E-state index contributed by atoms with van der Waals surface area (Å²) < 4.78 is 7.21. The van der Waals surface area contributed by atoms with Crippen LogP contribution in [0.4, 0.5) is 0 Å². The van der Waals surface area contributed by atoms with Crippen LogP contribution in [0.25, 0.3) is 0 Å². The molecule has 0 saturated carbocycles. The Morgan fingerprint density at radius 2 is 2.28 bits per heavy atom. The van der Waals surface area contributed by atoms with Crippen molar-refractivity contribution >= 4 is 17.2 Å². The average Bonchev–Trinajstić information content (AvgIpc) is 3.21. The number of thiazole rings is 1. The lowest BCUT2D eigenvalue weighted by atomic mass is 10.1. The fraction of sp³-hybridized carbons (Fsp3) is 0.278. The minimum absolute atomic E-state index is 0.0962. The van der Waals surface area contributed by atoms with Crippen LogP contribution in [-0.2, 0) is 18.3 Å². The number of hydrogen-bond acceptors (Lipinski definition) is 5. The molecule has 0 radical (unpaired) electrons. The van der Waals surface area contributed by atoms with Crippen molar-refractivity contribution in [2.45, 2.75) is 19.4 Å². The number of nitrogens with zero attached hydrogens (tertiary/aromatic N) is 3. The summed E-state index contributed by atoms with van der Waals surface area (Å²) in [6, 6.07) is 7.28. The van der Waals surface area contributed by atoms with Gasteiger partial charge in [0.25, 0.3) is 0 Å². The molecule has 0 fully saturated rings. The largest absolute Gasteiger partial charge is 0.497 e. The maximum absolute atomic E-state index is 12.6. The maximum atomic E-state index is 12.6. The number of amides is 1. The number of benzene rings is 1. The molecule has 0 aliphatic carbocycles. The molecule has 0 saturated heterocycles. The van der Waals surface area contributed by atoms with Gasteiger partial charge in [-0.25, -0.2) is 9.97 Å². The monoisotopic (exact) mass is 356 g/mol. The van der Waals surface area contributed by atoms with Gasteiger partial charge in [0.1, 0.15) is 17.6 Å². The molecule has 3 aromatic rings. The normalized spacial score (nSPS) is 12.0. The van der Waals surface area contributed by atoms with Crippen LogP contribution in [0.15, 0.2) is 42.0 Å². The second-order valence-electron chi connectivity index (χ2n) is 5.71. The highest BCUT2D eigenvalue weighted by Gasteiger charge is 2.21. The van der Waals surface area contributed by atoms with Crippen LogP contribution in [-0.4, -0.2) is 27.6 Å². The van der Waals surface area contributed by atoms with E-state index >= 15 is 0 Å². The van der Waals surface area contributed by atoms with Crippen LogP contribution < -0.4 is 10.1 Å². The van der Waals surface area contributed by atoms with Gasteiger partial charge >= 0.3 is 0 Å². The van der Waals surface area contributed by atoms with E-state index in [1.165, 1.54) is 0 Å². The van der Waals surface area contributed by atoms with Crippen LogP contribution in [0.2, 0.25) is 0 Å². The number of imidazole rings is 1. The molecule has 6 nitrogen and oxygen atoms in total. The highest BCUT2D eigenvalue weighted by atomic mass is 32.1. The Morgan fingerprint density at radius 3 is 2.92 bits per heavy atom. The summed E-state index contributed by atoms with van der Waals surface area (Å²) >= 11 is 1.54. The van der Waals surface area contributed by atoms with Gasteiger partial charge in [-0.2, -0.15) is 0 Å². The number of hydrogen-bond donors (Lipinski definition) is 1. The number of nitrogens with one attached hydrogen (secondary N) is 1. The van der Waals surface area contributed by atoms with Crippen molar-refractivity contribution in [3.8, 4) is 5.75 Å². The molecule has 0 spiro atoms. The number of ether oxygens (including phenoxy) is 1. The highest BCUT2D eigenvalue weighted by molar-refractivity contribution is 7.09. The first kappa shape index (κ1) is 17.2. The standard InChI is InChI=1S/C18H20N4O2S/c1-12-20-14(11-25-12)10-16(23)21-17(18-19-7-8-22(18)2)13-5-4-6-15(9-13)24-3/h4-9,11,17H,10H2,1-3H3,(H,21,23). The Labute approximate surface area is 150 Å². The molecule has 25 heavy (non-hydrogen) atoms. The molecule has 0 bridgehead atoms. The summed E-state index contributed by atoms with van der Waals surface area (Å²) in [7, 11) is 3.53. The van der Waals surface area contributed by atoms with Crippen LogP contribution in [0.3, 0.4) is 0 Å². The van der Waals surface area contributed by atoms with Crippen LogP contribution in [0.1, 0.15) is 28.1 Å². The molecule has 1 atom stereocenters. The van der Waals surface area contributed by atoms with E-state index in [0.717, 1.165) is 27.8 Å². The van der Waals surface area contributed by atoms with E-state index < -0.39 is 0 Å². The Morgan fingerprint density at radius 1 is 1.44 bits per heavy atom. The third kappa shape index (κ3) is 4.06. The van der Waals surface area contributed by atoms with Gasteiger partial charge < -0.3 is 14.6 Å². The summed E-state index contributed by atoms with van der Waals surface area (Å²) in [6.45, 7) is 1.93. The quantitative estimate of drug-likeness (QED) is 0.737. The highest BCUT2D eigenvalue weighted by Crippen LogP contribution is 2.24. The molecule has 1 N–H and O–H groups in total. The Kier molecular flexibility index (Phi) is 5.14. The van der Waals surface area contributed by atoms with Crippen molar-refractivity contribution < 1.29 is 9.53 Å². The summed E-state index contributed by atoms with van der Waals surface area (Å²) in [5, 5.41) is 5.94. The van der Waals surface area contributed by atoms with E-state index in [1.807, 2.05) is 54.4 Å². The number of aromatic nitrogens is 3. The van der Waals surface area contributed by atoms with E-state index in [-0.39, 0.29) is 18.4 Å². The van der Waals surface area contributed by atoms with Gasteiger partial charge in [0, 0.05) is 24.8 Å². The predicted octanol–water partition coefficient (Wildman–Crippen LogP) is 2.64. The maximum Gasteiger partial charge on any atom is 0.226 e. The molecule has 0 aliphatic heterocycles. The molecule has 7 heteroatoms. The van der Waals surface area contributed by atoms with E-state index in [4.69, 9.17) is 4.74 Å². The zero-order valence-electron chi connectivity index (χ0n) is 14.4. The van der Waals surface area contributed by atoms with Gasteiger partial charge in [0.2, 0.25) is 5.91 Å². The first-order chi connectivity index (χ1) is 12.1. The molecular formula is C18H20N4O2S. The number of methoxy groups -OCH3 is 1. The first-order valence-corrected chi connectivity index (χ1v) is 8.76. The number of rotatable bonds is 6. The van der Waals surface area contributed by atoms with Crippen molar-refractivity contribution in [2.24, 2.45) is 7.05 Å². The van der Waals surface area contributed by atoms with Crippen molar-refractivity contribution in [3.05, 3.63) is 64.1 Å². The van der Waals surface area contributed by atoms with Crippen molar-refractivity contribution in [1.29, 1.82) is 0 Å². The summed E-state index contributed by atoms with van der Waals surface area (Å²) in [6.07, 6.45) is 3.83. The third-order valence-corrected chi connectivity index (χ3v) is 4.68. The lowest BCUT2D eigenvalue weighted by Gasteiger charge is -2.19. The van der Waals surface area contributed by atoms with Crippen molar-refractivity contribution in [1.82, 2.24) is 19.9 Å². The van der Waals surface area contributed by atoms with Gasteiger partial charge in [0.15, 0.2) is 0 Å². The van der Waals surface area contributed by atoms with E-state index in [0.29, 0.717) is 0 Å². The van der Waals surface area contributed by atoms with Gasteiger partial charge in [-0.1, -0.05) is 12.1 Å².